The van der Waals surface area contributed by atoms with E-state index in [-0.39, 0.29) is 0 Å². The van der Waals surface area contributed by atoms with Crippen LogP contribution < -0.4 is 0 Å². The minimum atomic E-state index is 0.819. The van der Waals surface area contributed by atoms with Crippen molar-refractivity contribution >= 4 is 27.0 Å². The molecule has 0 heterocycles. The van der Waals surface area contributed by atoms with Gasteiger partial charge in [-0.05, 0) is 0 Å². The van der Waals surface area contributed by atoms with Crippen LogP contribution in [0.5, 0.6) is 0 Å². The van der Waals surface area contributed by atoms with Crippen molar-refractivity contribution in [2.45, 2.75) is 30.5 Å². The first-order valence-electron chi connectivity index (χ1n) is 3.03. The van der Waals surface area contributed by atoms with Crippen molar-refractivity contribution in [2.75, 3.05) is 0 Å². The van der Waals surface area contributed by atoms with E-state index in [9.17, 15) is 0 Å². The minimum absolute atomic E-state index is 0.819. The van der Waals surface area contributed by atoms with Crippen LogP contribution in [0.3, 0.4) is 0 Å². The first-order valence-corrected chi connectivity index (χ1v) is 3.69. The summed E-state index contributed by atoms with van der Waals surface area (Å²) in [5.74, 6) is 0. The number of rotatable bonds is 3. The summed E-state index contributed by atoms with van der Waals surface area (Å²) in [4.78, 5) is 0. The number of hydrogen-bond acceptors (Lipinski definition) is 0. The summed E-state index contributed by atoms with van der Waals surface area (Å²) < 4.78 is 0.819. The molecule has 0 amide bonds. The van der Waals surface area contributed by atoms with Crippen LogP contribution in [0.4, 0.5) is 0 Å². The van der Waals surface area contributed by atoms with Gasteiger partial charge >= 0.3 is 57.5 Å². The fourth-order valence-electron chi connectivity index (χ4n) is 0.526. The van der Waals surface area contributed by atoms with Gasteiger partial charge in [0.05, 0.1) is 0 Å². The summed E-state index contributed by atoms with van der Waals surface area (Å²) in [7, 11) is 2.81. The van der Waals surface area contributed by atoms with E-state index in [0.29, 0.717) is 0 Å². The Labute approximate surface area is 57.9 Å². The topological polar surface area (TPSA) is 0 Å². The van der Waals surface area contributed by atoms with Crippen LogP contribution in [0.2, 0.25) is 0 Å². The zero-order valence-corrected chi connectivity index (χ0v) is 6.43. The van der Waals surface area contributed by atoms with Crippen molar-refractivity contribution in [1.29, 1.82) is 0 Å². The van der Waals surface area contributed by atoms with Gasteiger partial charge in [-0.15, -0.1) is 0 Å². The molecule has 38 valence electrons. The Morgan fingerprint density at radius 3 is 2.43 bits per heavy atom. The number of unbranched alkanes of at least 4 members (excludes halogenated alkanes) is 1. The Bertz CT molecular complexity index is 37.1. The van der Waals surface area contributed by atoms with Gasteiger partial charge in [0, 0.05) is 0 Å². The molecule has 0 aromatic rings. The molecule has 0 N–H and O–H groups in total. The van der Waals surface area contributed by atoms with Crippen molar-refractivity contribution in [3.8, 4) is 0 Å². The molecule has 2 atom stereocenters. The molecule has 2 heteroatoms. The third-order valence-electron chi connectivity index (χ3n) is 1.01. The summed E-state index contributed by atoms with van der Waals surface area (Å²) >= 11 is 2.24. The molecule has 0 saturated heterocycles. The van der Waals surface area contributed by atoms with E-state index in [1.165, 1.54) is 19.3 Å². The van der Waals surface area contributed by atoms with Crippen molar-refractivity contribution in [3.05, 3.63) is 0 Å². The van der Waals surface area contributed by atoms with Gasteiger partial charge in [-0.2, -0.15) is 0 Å². The Hall–Kier alpha value is 1.03. The molecule has 0 aliphatic heterocycles. The normalized spacial score (nSPS) is 14.3. The van der Waals surface area contributed by atoms with Gasteiger partial charge in [-0.25, -0.2) is 0 Å². The molecule has 0 bridgehead atoms. The van der Waals surface area contributed by atoms with Gasteiger partial charge in [0.2, 0.25) is 0 Å². The molecular weight excluding hydrogens is 98.0 g/mol. The van der Waals surface area contributed by atoms with Gasteiger partial charge < -0.3 is 0 Å². The summed E-state index contributed by atoms with van der Waals surface area (Å²) in [6.07, 6.45) is 4.07. The summed E-state index contributed by atoms with van der Waals surface area (Å²) in [5.41, 5.74) is 0. The van der Waals surface area contributed by atoms with Crippen LogP contribution in [-0.4, -0.2) is 22.0 Å². The van der Waals surface area contributed by atoms with Gasteiger partial charge in [0.1, 0.15) is 0 Å². The third kappa shape index (κ3) is 7.03. The summed E-state index contributed by atoms with van der Waals surface area (Å²) in [6.45, 7) is 2.23. The van der Waals surface area contributed by atoms with Crippen molar-refractivity contribution in [3.63, 3.8) is 0 Å². The fourth-order valence-corrected chi connectivity index (χ4v) is 0.762. The number of hydrogen-bond donors (Lipinski definition) is 0. The molecule has 7 heavy (non-hydrogen) atoms. The average molecular weight is 110 g/mol. The van der Waals surface area contributed by atoms with E-state index < -0.39 is 0 Å². The molecule has 0 saturated carbocycles. The summed E-state index contributed by atoms with van der Waals surface area (Å²) in [5, 5.41) is 0. The van der Waals surface area contributed by atoms with Gasteiger partial charge in [-0.1, -0.05) is 0 Å². The predicted octanol–water partition coefficient (Wildman–Crippen LogP) is 1.55. The van der Waals surface area contributed by atoms with Crippen molar-refractivity contribution < 1.29 is 0 Å². The second-order valence-electron chi connectivity index (χ2n) is 2.12. The van der Waals surface area contributed by atoms with Crippen LogP contribution in [0.15, 0.2) is 0 Å². The zero-order chi connectivity index (χ0) is 5.70. The standard InChI is InChI=1S/C5H12P.Li/c1-2-3-4-5-6;/h5H,2-4,6H2,1H3;. The zero-order valence-electron chi connectivity index (χ0n) is 5.28. The fraction of sp³-hybridized carbons (Fsp3) is 1.00. The maximum absolute atomic E-state index is 2.81. The molecule has 0 rings (SSSR count). The molecule has 0 aliphatic rings. The van der Waals surface area contributed by atoms with E-state index in [1.54, 1.807) is 0 Å². The maximum atomic E-state index is 2.81. The quantitative estimate of drug-likeness (QED) is 0.382. The second-order valence-corrected chi connectivity index (χ2v) is 3.26. The molecule has 0 nitrogen and oxygen atoms in total. The van der Waals surface area contributed by atoms with E-state index in [4.69, 9.17) is 0 Å². The molecule has 2 unspecified atom stereocenters. The van der Waals surface area contributed by atoms with Crippen molar-refractivity contribution in [1.82, 2.24) is 0 Å². The van der Waals surface area contributed by atoms with Crippen LogP contribution >= 0.6 is 9.24 Å². The first kappa shape index (κ1) is 8.03. The van der Waals surface area contributed by atoms with Crippen LogP contribution in [0.25, 0.3) is 0 Å². The van der Waals surface area contributed by atoms with Crippen molar-refractivity contribution in [2.24, 2.45) is 0 Å². The molecular formula is C5H12LiP. The van der Waals surface area contributed by atoms with Gasteiger partial charge in [-0.3, -0.25) is 0 Å². The SMILES string of the molecule is [Li][CH](P)CCCC. The Kier molecular flexibility index (Phi) is 5.93. The van der Waals surface area contributed by atoms with E-state index >= 15 is 0 Å². The molecule has 0 fully saturated rings. The van der Waals surface area contributed by atoms with E-state index in [1.807, 2.05) is 0 Å². The van der Waals surface area contributed by atoms with Gasteiger partial charge in [0.15, 0.2) is 0 Å². The second kappa shape index (κ2) is 5.17. The van der Waals surface area contributed by atoms with E-state index in [2.05, 4.69) is 33.9 Å². The van der Waals surface area contributed by atoms with Crippen LogP contribution in [0, 0.1) is 0 Å². The monoisotopic (exact) mass is 110 g/mol. The summed E-state index contributed by atoms with van der Waals surface area (Å²) in [6, 6.07) is 0. The van der Waals surface area contributed by atoms with Crippen LogP contribution in [0.1, 0.15) is 26.2 Å². The first-order chi connectivity index (χ1) is 3.27. The van der Waals surface area contributed by atoms with E-state index in [0.717, 1.165) is 4.33 Å². The predicted molar refractivity (Wildman–Crippen MR) is 38.8 cm³/mol. The molecule has 0 aliphatic carbocycles. The van der Waals surface area contributed by atoms with Gasteiger partial charge in [0.25, 0.3) is 0 Å². The molecule has 0 spiro atoms. The van der Waals surface area contributed by atoms with Crippen LogP contribution in [-0.2, 0) is 0 Å². The Morgan fingerprint density at radius 2 is 2.29 bits per heavy atom. The third-order valence-corrected chi connectivity index (χ3v) is 1.35. The molecule has 0 aromatic carbocycles. The molecule has 0 aromatic heterocycles. The molecule has 0 radical (unpaired) electrons. The Morgan fingerprint density at radius 1 is 1.71 bits per heavy atom. The average Bonchev–Trinajstić information content (AvgIpc) is 1.61. The Balaban J connectivity index is 2.68.